The summed E-state index contributed by atoms with van der Waals surface area (Å²) in [4.78, 5) is 28.3. The molecule has 0 spiro atoms. The molecule has 3 heterocycles. The lowest BCUT2D eigenvalue weighted by atomic mass is 9.93. The molecule has 2 amide bonds. The van der Waals surface area contributed by atoms with Crippen molar-refractivity contribution in [3.8, 4) is 0 Å². The summed E-state index contributed by atoms with van der Waals surface area (Å²) in [7, 11) is 0. The molecule has 0 unspecified atom stereocenters. The number of aromatic nitrogens is 2. The van der Waals surface area contributed by atoms with Crippen molar-refractivity contribution >= 4 is 23.6 Å². The number of amides is 2. The second kappa shape index (κ2) is 9.87. The molecule has 0 aliphatic carbocycles. The number of nitrogens with zero attached hydrogens (tertiary/aromatic N) is 2. The number of rotatable bonds is 7. The lowest BCUT2D eigenvalue weighted by molar-refractivity contribution is 0.0708. The van der Waals surface area contributed by atoms with E-state index < -0.39 is 0 Å². The van der Waals surface area contributed by atoms with Gasteiger partial charge < -0.3 is 14.6 Å². The van der Waals surface area contributed by atoms with Crippen molar-refractivity contribution in [3.63, 3.8) is 0 Å². The number of carbonyl (C=O) groups is 2. The van der Waals surface area contributed by atoms with Gasteiger partial charge in [-0.3, -0.25) is 14.7 Å². The number of likely N-dealkylation sites (tertiary alicyclic amines) is 1. The molecule has 0 bridgehead atoms. The Morgan fingerprint density at radius 3 is 2.77 bits per heavy atom. The van der Waals surface area contributed by atoms with Crippen LogP contribution in [0, 0.1) is 0 Å². The SMILES string of the molecule is CCSc1ccccc1C(=O)N1CCC(c2cc(C(=O)NCc3ccco3)n[nH]2)CC1. The van der Waals surface area contributed by atoms with Gasteiger partial charge in [-0.2, -0.15) is 5.10 Å². The van der Waals surface area contributed by atoms with Crippen LogP contribution in [0.1, 0.15) is 58.0 Å². The highest BCUT2D eigenvalue weighted by Gasteiger charge is 2.27. The fourth-order valence-electron chi connectivity index (χ4n) is 3.82. The maximum Gasteiger partial charge on any atom is 0.272 e. The normalized spacial score (nSPS) is 14.5. The van der Waals surface area contributed by atoms with E-state index in [1.165, 1.54) is 0 Å². The molecule has 1 aliphatic rings. The van der Waals surface area contributed by atoms with Gasteiger partial charge in [0.25, 0.3) is 11.8 Å². The van der Waals surface area contributed by atoms with Gasteiger partial charge in [-0.15, -0.1) is 11.8 Å². The molecule has 7 nitrogen and oxygen atoms in total. The fraction of sp³-hybridized carbons (Fsp3) is 0.348. The van der Waals surface area contributed by atoms with Crippen LogP contribution in [-0.2, 0) is 6.54 Å². The highest BCUT2D eigenvalue weighted by atomic mass is 32.2. The van der Waals surface area contributed by atoms with Crippen LogP contribution in [-0.4, -0.2) is 45.8 Å². The molecular weight excluding hydrogens is 412 g/mol. The number of nitrogens with one attached hydrogen (secondary N) is 2. The summed E-state index contributed by atoms with van der Waals surface area (Å²) in [6, 6.07) is 13.2. The number of thioether (sulfide) groups is 1. The third-order valence-electron chi connectivity index (χ3n) is 5.47. The first-order valence-electron chi connectivity index (χ1n) is 10.5. The van der Waals surface area contributed by atoms with Gasteiger partial charge in [0.05, 0.1) is 18.4 Å². The third-order valence-corrected chi connectivity index (χ3v) is 6.43. The van der Waals surface area contributed by atoms with Gasteiger partial charge in [0.2, 0.25) is 0 Å². The van der Waals surface area contributed by atoms with Crippen LogP contribution in [0.3, 0.4) is 0 Å². The molecule has 3 aromatic rings. The van der Waals surface area contributed by atoms with E-state index in [0.717, 1.165) is 34.7 Å². The summed E-state index contributed by atoms with van der Waals surface area (Å²) in [6.45, 7) is 3.79. The molecule has 1 aliphatic heterocycles. The third kappa shape index (κ3) is 5.02. The van der Waals surface area contributed by atoms with E-state index in [1.807, 2.05) is 41.3 Å². The van der Waals surface area contributed by atoms with E-state index in [4.69, 9.17) is 4.42 Å². The van der Waals surface area contributed by atoms with Crippen molar-refractivity contribution in [1.82, 2.24) is 20.4 Å². The Hall–Kier alpha value is -3.00. The topological polar surface area (TPSA) is 91.2 Å². The predicted octanol–water partition coefficient (Wildman–Crippen LogP) is 4.06. The number of benzene rings is 1. The minimum Gasteiger partial charge on any atom is -0.467 e. The van der Waals surface area contributed by atoms with Gasteiger partial charge in [0.15, 0.2) is 0 Å². The van der Waals surface area contributed by atoms with E-state index in [1.54, 1.807) is 24.1 Å². The number of carbonyl (C=O) groups excluding carboxylic acids is 2. The summed E-state index contributed by atoms with van der Waals surface area (Å²) >= 11 is 1.70. The van der Waals surface area contributed by atoms with Crippen LogP contribution in [0.25, 0.3) is 0 Å². The molecule has 0 radical (unpaired) electrons. The Labute approximate surface area is 185 Å². The van der Waals surface area contributed by atoms with Crippen LogP contribution in [0.2, 0.25) is 0 Å². The number of aromatic amines is 1. The largest absolute Gasteiger partial charge is 0.467 e. The summed E-state index contributed by atoms with van der Waals surface area (Å²) in [6.07, 6.45) is 3.25. The van der Waals surface area contributed by atoms with Crippen LogP contribution >= 0.6 is 11.8 Å². The molecule has 0 saturated carbocycles. The van der Waals surface area contributed by atoms with Crippen molar-refractivity contribution < 1.29 is 14.0 Å². The molecule has 0 atom stereocenters. The number of hydrogen-bond acceptors (Lipinski definition) is 5. The van der Waals surface area contributed by atoms with Crippen LogP contribution in [0.5, 0.6) is 0 Å². The second-order valence-electron chi connectivity index (χ2n) is 7.47. The quantitative estimate of drug-likeness (QED) is 0.543. The average molecular weight is 439 g/mol. The van der Waals surface area contributed by atoms with E-state index in [2.05, 4.69) is 22.4 Å². The van der Waals surface area contributed by atoms with Crippen molar-refractivity contribution in [2.24, 2.45) is 0 Å². The zero-order chi connectivity index (χ0) is 21.6. The summed E-state index contributed by atoms with van der Waals surface area (Å²) in [5.74, 6) is 1.74. The van der Waals surface area contributed by atoms with Crippen LogP contribution in [0.15, 0.2) is 58.0 Å². The molecular formula is C23H26N4O3S. The Bertz CT molecular complexity index is 1020. The first kappa shape index (κ1) is 21.2. The zero-order valence-electron chi connectivity index (χ0n) is 17.5. The average Bonchev–Trinajstić information content (AvgIpc) is 3.50. The van der Waals surface area contributed by atoms with Gasteiger partial charge in [-0.05, 0) is 48.9 Å². The Morgan fingerprint density at radius 2 is 2.03 bits per heavy atom. The number of hydrogen-bond donors (Lipinski definition) is 2. The summed E-state index contributed by atoms with van der Waals surface area (Å²) in [5, 5.41) is 9.99. The molecule has 2 N–H and O–H groups in total. The van der Waals surface area contributed by atoms with Crippen molar-refractivity contribution in [2.75, 3.05) is 18.8 Å². The van der Waals surface area contributed by atoms with Crippen LogP contribution in [0.4, 0.5) is 0 Å². The zero-order valence-corrected chi connectivity index (χ0v) is 18.3. The van der Waals surface area contributed by atoms with Gasteiger partial charge in [0, 0.05) is 29.6 Å². The second-order valence-corrected chi connectivity index (χ2v) is 8.77. The molecule has 1 saturated heterocycles. The van der Waals surface area contributed by atoms with Crippen molar-refractivity contribution in [2.45, 2.75) is 37.1 Å². The molecule has 1 aromatic carbocycles. The fourth-order valence-corrected chi connectivity index (χ4v) is 4.62. The number of H-pyrrole nitrogens is 1. The first-order chi connectivity index (χ1) is 15.2. The first-order valence-corrected chi connectivity index (χ1v) is 11.5. The molecule has 162 valence electrons. The molecule has 2 aromatic heterocycles. The maximum atomic E-state index is 13.0. The van der Waals surface area contributed by atoms with E-state index in [0.29, 0.717) is 31.1 Å². The minimum atomic E-state index is -0.239. The van der Waals surface area contributed by atoms with Gasteiger partial charge in [-0.1, -0.05) is 19.1 Å². The Kier molecular flexibility index (Phi) is 6.76. The van der Waals surface area contributed by atoms with Gasteiger partial charge >= 0.3 is 0 Å². The van der Waals surface area contributed by atoms with Gasteiger partial charge in [0.1, 0.15) is 11.5 Å². The minimum absolute atomic E-state index is 0.0950. The lowest BCUT2D eigenvalue weighted by Crippen LogP contribution is -2.38. The number of furan rings is 1. The predicted molar refractivity (Wildman–Crippen MR) is 119 cm³/mol. The molecule has 31 heavy (non-hydrogen) atoms. The van der Waals surface area contributed by atoms with Gasteiger partial charge in [-0.25, -0.2) is 0 Å². The smallest absolute Gasteiger partial charge is 0.272 e. The van der Waals surface area contributed by atoms with E-state index >= 15 is 0 Å². The molecule has 8 heteroatoms. The van der Waals surface area contributed by atoms with E-state index in [9.17, 15) is 9.59 Å². The Balaban J connectivity index is 1.33. The monoisotopic (exact) mass is 438 g/mol. The Morgan fingerprint density at radius 1 is 1.23 bits per heavy atom. The molecule has 4 rings (SSSR count). The van der Waals surface area contributed by atoms with Crippen molar-refractivity contribution in [3.05, 3.63) is 71.4 Å². The highest BCUT2D eigenvalue weighted by Crippen LogP contribution is 2.29. The summed E-state index contributed by atoms with van der Waals surface area (Å²) in [5.41, 5.74) is 2.09. The summed E-state index contributed by atoms with van der Waals surface area (Å²) < 4.78 is 5.23. The lowest BCUT2D eigenvalue weighted by Gasteiger charge is -2.32. The van der Waals surface area contributed by atoms with E-state index in [-0.39, 0.29) is 17.7 Å². The highest BCUT2D eigenvalue weighted by molar-refractivity contribution is 7.99. The number of piperidine rings is 1. The molecule has 1 fully saturated rings. The standard InChI is InChI=1S/C23H26N4O3S/c1-2-31-21-8-4-3-7-18(21)23(29)27-11-9-16(10-12-27)19-14-20(26-25-19)22(28)24-15-17-6-5-13-30-17/h3-8,13-14,16H,2,9-12,15H2,1H3,(H,24,28)(H,25,26). The van der Waals surface area contributed by atoms with Crippen molar-refractivity contribution in [1.29, 1.82) is 0 Å². The van der Waals surface area contributed by atoms with Crippen LogP contribution < -0.4 is 5.32 Å². The maximum absolute atomic E-state index is 13.0.